The smallest absolute Gasteiger partial charge is 0.200 e. The van der Waals surface area contributed by atoms with Gasteiger partial charge in [0.25, 0.3) is 0 Å². The van der Waals surface area contributed by atoms with Crippen LogP contribution in [0.4, 0.5) is 0 Å². The van der Waals surface area contributed by atoms with E-state index in [0.717, 1.165) is 0 Å². The second kappa shape index (κ2) is 2.64. The van der Waals surface area contributed by atoms with Crippen molar-refractivity contribution in [3.63, 3.8) is 0 Å². The monoisotopic (exact) mass is 138 g/mol. The highest BCUT2D eigenvalue weighted by Gasteiger charge is 1.93. The number of hydrogen-bond donors (Lipinski definition) is 0. The van der Waals surface area contributed by atoms with Crippen molar-refractivity contribution in [1.82, 2.24) is 9.78 Å². The molecule has 0 saturated carbocycles. The Balaban J connectivity index is 3.00. The summed E-state index contributed by atoms with van der Waals surface area (Å²) in [5, 5.41) is 3.88. The van der Waals surface area contributed by atoms with Gasteiger partial charge in [0.1, 0.15) is 0 Å². The molecule has 0 aliphatic heterocycles. The molecule has 0 amide bonds. The minimum atomic E-state index is -0.0445. The minimum Gasteiger partial charge on any atom is -0.288 e. The Labute approximate surface area is 59.3 Å². The van der Waals surface area contributed by atoms with E-state index < -0.39 is 0 Å². The molecule has 0 spiro atoms. The largest absolute Gasteiger partial charge is 0.288 e. The molecule has 1 rings (SSSR count). The van der Waals surface area contributed by atoms with E-state index in [1.807, 2.05) is 13.8 Å². The van der Waals surface area contributed by atoms with E-state index in [1.165, 1.54) is 12.3 Å². The lowest BCUT2D eigenvalue weighted by molar-refractivity contribution is 0.518. The van der Waals surface area contributed by atoms with E-state index >= 15 is 0 Å². The topological polar surface area (TPSA) is 34.9 Å². The third-order valence-electron chi connectivity index (χ3n) is 1.24. The van der Waals surface area contributed by atoms with Gasteiger partial charge in [0, 0.05) is 18.3 Å². The molecule has 0 aliphatic rings. The molecule has 0 N–H and O–H groups in total. The molecule has 0 aliphatic carbocycles. The van der Waals surface area contributed by atoms with Crippen LogP contribution in [-0.4, -0.2) is 9.78 Å². The molecule has 1 heterocycles. The summed E-state index contributed by atoms with van der Waals surface area (Å²) in [5.74, 6) is 0. The Morgan fingerprint density at radius 3 is 2.70 bits per heavy atom. The van der Waals surface area contributed by atoms with E-state index in [0.29, 0.717) is 6.04 Å². The Morgan fingerprint density at radius 1 is 1.60 bits per heavy atom. The maximum Gasteiger partial charge on any atom is 0.200 e. The van der Waals surface area contributed by atoms with E-state index in [2.05, 4.69) is 5.10 Å². The van der Waals surface area contributed by atoms with Crippen molar-refractivity contribution in [2.45, 2.75) is 19.9 Å². The standard InChI is InChI=1S/C7H10N2O/c1-6(2)9-4-3-7(10)5-8-9/h3-6H,1-2H3. The first-order chi connectivity index (χ1) is 4.70. The van der Waals surface area contributed by atoms with Gasteiger partial charge in [-0.2, -0.15) is 5.10 Å². The molecule has 1 aromatic rings. The van der Waals surface area contributed by atoms with Gasteiger partial charge < -0.3 is 0 Å². The van der Waals surface area contributed by atoms with E-state index in [-0.39, 0.29) is 5.43 Å². The van der Waals surface area contributed by atoms with Crippen LogP contribution in [0, 0.1) is 0 Å². The maximum absolute atomic E-state index is 10.6. The second-order valence-corrected chi connectivity index (χ2v) is 2.44. The third kappa shape index (κ3) is 1.43. The zero-order chi connectivity index (χ0) is 7.56. The average Bonchev–Trinajstić information content (AvgIpc) is 1.88. The highest BCUT2D eigenvalue weighted by molar-refractivity contribution is 4.85. The molecule has 0 fully saturated rings. The fourth-order valence-electron chi connectivity index (χ4n) is 0.660. The van der Waals surface area contributed by atoms with Crippen LogP contribution in [-0.2, 0) is 0 Å². The molecular weight excluding hydrogens is 128 g/mol. The molecule has 0 atom stereocenters. The van der Waals surface area contributed by atoms with Gasteiger partial charge in [0.15, 0.2) is 5.43 Å². The van der Waals surface area contributed by atoms with Crippen molar-refractivity contribution < 1.29 is 0 Å². The van der Waals surface area contributed by atoms with Crippen LogP contribution in [0.15, 0.2) is 23.3 Å². The maximum atomic E-state index is 10.6. The molecule has 3 heteroatoms. The summed E-state index contributed by atoms with van der Waals surface area (Å²) in [6.07, 6.45) is 3.01. The summed E-state index contributed by atoms with van der Waals surface area (Å²) in [4.78, 5) is 10.6. The first-order valence-corrected chi connectivity index (χ1v) is 3.24. The van der Waals surface area contributed by atoms with Crippen molar-refractivity contribution >= 4 is 0 Å². The Bertz CT molecular complexity index is 244. The van der Waals surface area contributed by atoms with Gasteiger partial charge in [-0.05, 0) is 13.8 Å². The zero-order valence-corrected chi connectivity index (χ0v) is 6.11. The van der Waals surface area contributed by atoms with Crippen LogP contribution in [0.1, 0.15) is 19.9 Å². The predicted molar refractivity (Wildman–Crippen MR) is 38.9 cm³/mol. The summed E-state index contributed by atoms with van der Waals surface area (Å²) >= 11 is 0. The summed E-state index contributed by atoms with van der Waals surface area (Å²) < 4.78 is 1.74. The summed E-state index contributed by atoms with van der Waals surface area (Å²) in [6, 6.07) is 1.83. The quantitative estimate of drug-likeness (QED) is 0.576. The van der Waals surface area contributed by atoms with Crippen molar-refractivity contribution in [1.29, 1.82) is 0 Å². The fraction of sp³-hybridized carbons (Fsp3) is 0.429. The normalized spacial score (nSPS) is 10.3. The lowest BCUT2D eigenvalue weighted by atomic mass is 10.4. The fourth-order valence-corrected chi connectivity index (χ4v) is 0.660. The molecular formula is C7H10N2O. The first-order valence-electron chi connectivity index (χ1n) is 3.24. The van der Waals surface area contributed by atoms with E-state index in [1.54, 1.807) is 10.9 Å². The van der Waals surface area contributed by atoms with E-state index in [9.17, 15) is 4.79 Å². The lowest BCUT2D eigenvalue weighted by Crippen LogP contribution is -2.10. The van der Waals surface area contributed by atoms with Crippen LogP contribution < -0.4 is 5.43 Å². The van der Waals surface area contributed by atoms with Crippen LogP contribution >= 0.6 is 0 Å². The Kier molecular flexibility index (Phi) is 1.85. The van der Waals surface area contributed by atoms with Crippen molar-refractivity contribution in [2.75, 3.05) is 0 Å². The lowest BCUT2D eigenvalue weighted by Gasteiger charge is -2.05. The van der Waals surface area contributed by atoms with Crippen molar-refractivity contribution in [3.8, 4) is 0 Å². The molecule has 3 nitrogen and oxygen atoms in total. The molecule has 0 aromatic carbocycles. The molecule has 1 aromatic heterocycles. The average molecular weight is 138 g/mol. The van der Waals surface area contributed by atoms with Crippen LogP contribution in [0.3, 0.4) is 0 Å². The molecule has 0 bridgehead atoms. The van der Waals surface area contributed by atoms with E-state index in [4.69, 9.17) is 0 Å². The van der Waals surface area contributed by atoms with Crippen LogP contribution in [0.25, 0.3) is 0 Å². The molecule has 54 valence electrons. The van der Waals surface area contributed by atoms with Gasteiger partial charge >= 0.3 is 0 Å². The number of rotatable bonds is 1. The first kappa shape index (κ1) is 6.99. The molecule has 0 saturated heterocycles. The Hall–Kier alpha value is -1.12. The summed E-state index contributed by atoms with van der Waals surface area (Å²) in [7, 11) is 0. The second-order valence-electron chi connectivity index (χ2n) is 2.44. The number of hydrogen-bond acceptors (Lipinski definition) is 2. The number of nitrogens with zero attached hydrogens (tertiary/aromatic N) is 2. The highest BCUT2D eigenvalue weighted by atomic mass is 16.1. The molecule has 0 unspecified atom stereocenters. The van der Waals surface area contributed by atoms with Gasteiger partial charge in [-0.3, -0.25) is 9.48 Å². The minimum absolute atomic E-state index is 0.0445. The van der Waals surface area contributed by atoms with Crippen molar-refractivity contribution in [3.05, 3.63) is 28.7 Å². The molecule has 0 radical (unpaired) electrons. The Morgan fingerprint density at radius 2 is 2.30 bits per heavy atom. The summed E-state index contributed by atoms with van der Waals surface area (Å²) in [6.45, 7) is 4.02. The highest BCUT2D eigenvalue weighted by Crippen LogP contribution is 1.96. The third-order valence-corrected chi connectivity index (χ3v) is 1.24. The SMILES string of the molecule is CC(C)n1ccc(=O)cn1. The number of aromatic nitrogens is 2. The summed E-state index contributed by atoms with van der Waals surface area (Å²) in [5.41, 5.74) is -0.0445. The van der Waals surface area contributed by atoms with Gasteiger partial charge in [0.05, 0.1) is 6.20 Å². The zero-order valence-electron chi connectivity index (χ0n) is 6.11. The van der Waals surface area contributed by atoms with Crippen LogP contribution in [0.2, 0.25) is 0 Å². The van der Waals surface area contributed by atoms with Gasteiger partial charge in [0.2, 0.25) is 0 Å². The van der Waals surface area contributed by atoms with Gasteiger partial charge in [-0.25, -0.2) is 0 Å². The predicted octanol–water partition coefficient (Wildman–Crippen LogP) is 0.824. The van der Waals surface area contributed by atoms with Gasteiger partial charge in [-0.1, -0.05) is 0 Å². The van der Waals surface area contributed by atoms with Crippen molar-refractivity contribution in [2.24, 2.45) is 0 Å². The molecule has 10 heavy (non-hydrogen) atoms. The van der Waals surface area contributed by atoms with Crippen LogP contribution in [0.5, 0.6) is 0 Å². The van der Waals surface area contributed by atoms with Gasteiger partial charge in [-0.15, -0.1) is 0 Å².